The van der Waals surface area contributed by atoms with Gasteiger partial charge in [0.15, 0.2) is 0 Å². The summed E-state index contributed by atoms with van der Waals surface area (Å²) < 4.78 is 0.773. The summed E-state index contributed by atoms with van der Waals surface area (Å²) in [5.74, 6) is 1.54. The fourth-order valence-corrected chi connectivity index (χ4v) is 4.02. The topological polar surface area (TPSA) is 49.3 Å². The molecule has 0 aromatic carbocycles. The lowest BCUT2D eigenvalue weighted by atomic mass is 9.94. The summed E-state index contributed by atoms with van der Waals surface area (Å²) in [7, 11) is 0. The van der Waals surface area contributed by atoms with Crippen molar-refractivity contribution in [2.45, 2.75) is 38.5 Å². The number of halogens is 1. The summed E-state index contributed by atoms with van der Waals surface area (Å²) >= 11 is 8.93. The molecule has 114 valence electrons. The second-order valence-electron chi connectivity index (χ2n) is 5.57. The molecule has 0 bridgehead atoms. The Morgan fingerprint density at radius 1 is 1.55 bits per heavy atom. The minimum absolute atomic E-state index is 0.0401. The van der Waals surface area contributed by atoms with E-state index in [4.69, 9.17) is 11.6 Å². The Morgan fingerprint density at radius 2 is 2.25 bits per heavy atom. The molecule has 0 aliphatic rings. The average molecular weight is 336 g/mol. The molecule has 1 aromatic rings. The molecular formula is C14H22ClNO2S2. The highest BCUT2D eigenvalue weighted by atomic mass is 35.5. The van der Waals surface area contributed by atoms with Gasteiger partial charge in [0.05, 0.1) is 15.7 Å². The van der Waals surface area contributed by atoms with E-state index in [0.29, 0.717) is 24.6 Å². The van der Waals surface area contributed by atoms with Gasteiger partial charge in [0.25, 0.3) is 0 Å². The van der Waals surface area contributed by atoms with Crippen LogP contribution in [-0.2, 0) is 10.5 Å². The third-order valence-electron chi connectivity index (χ3n) is 2.62. The van der Waals surface area contributed by atoms with Crippen molar-refractivity contribution in [1.29, 1.82) is 0 Å². The molecule has 1 rings (SSSR count). The molecular weight excluding hydrogens is 314 g/mol. The van der Waals surface area contributed by atoms with Crippen LogP contribution in [0.1, 0.15) is 32.1 Å². The summed E-state index contributed by atoms with van der Waals surface area (Å²) in [5, 5.41) is 12.9. The van der Waals surface area contributed by atoms with Crippen molar-refractivity contribution in [3.8, 4) is 0 Å². The second kappa shape index (κ2) is 8.27. The SMILES string of the molecule is CC(C)CC(C)(O)CNC(=O)CSCc1ccc(Cl)s1. The minimum atomic E-state index is -0.838. The summed E-state index contributed by atoms with van der Waals surface area (Å²) in [6, 6.07) is 3.84. The first kappa shape index (κ1) is 17.8. The Labute approximate surface area is 134 Å². The van der Waals surface area contributed by atoms with Crippen molar-refractivity contribution in [2.24, 2.45) is 5.92 Å². The smallest absolute Gasteiger partial charge is 0.230 e. The Bertz CT molecular complexity index is 433. The number of thiophene rings is 1. The van der Waals surface area contributed by atoms with Crippen LogP contribution in [0.15, 0.2) is 12.1 Å². The molecule has 1 atom stereocenters. The van der Waals surface area contributed by atoms with E-state index < -0.39 is 5.60 Å². The highest BCUT2D eigenvalue weighted by Crippen LogP contribution is 2.25. The van der Waals surface area contributed by atoms with Gasteiger partial charge in [0.2, 0.25) is 5.91 Å². The molecule has 0 spiro atoms. The lowest BCUT2D eigenvalue weighted by Crippen LogP contribution is -2.42. The van der Waals surface area contributed by atoms with E-state index in [1.54, 1.807) is 18.7 Å². The van der Waals surface area contributed by atoms with Crippen molar-refractivity contribution in [2.75, 3.05) is 12.3 Å². The summed E-state index contributed by atoms with van der Waals surface area (Å²) in [4.78, 5) is 12.9. The Kier molecular flexibility index (Phi) is 7.37. The summed E-state index contributed by atoms with van der Waals surface area (Å²) in [5.41, 5.74) is -0.838. The van der Waals surface area contributed by atoms with Crippen molar-refractivity contribution in [1.82, 2.24) is 5.32 Å². The minimum Gasteiger partial charge on any atom is -0.388 e. The number of hydrogen-bond donors (Lipinski definition) is 2. The monoisotopic (exact) mass is 335 g/mol. The Balaban J connectivity index is 2.20. The zero-order valence-corrected chi connectivity index (χ0v) is 14.5. The van der Waals surface area contributed by atoms with Crippen LogP contribution < -0.4 is 5.32 Å². The number of rotatable bonds is 8. The number of hydrogen-bond acceptors (Lipinski definition) is 4. The molecule has 0 aliphatic carbocycles. The first-order valence-electron chi connectivity index (χ1n) is 6.59. The molecule has 1 aromatic heterocycles. The maximum absolute atomic E-state index is 11.7. The second-order valence-corrected chi connectivity index (χ2v) is 8.36. The van der Waals surface area contributed by atoms with Crippen molar-refractivity contribution < 1.29 is 9.90 Å². The molecule has 0 saturated heterocycles. The lowest BCUT2D eigenvalue weighted by molar-refractivity contribution is -0.119. The Morgan fingerprint density at radius 3 is 2.80 bits per heavy atom. The maximum Gasteiger partial charge on any atom is 0.230 e. The normalized spacial score (nSPS) is 14.3. The van der Waals surface area contributed by atoms with Gasteiger partial charge in [-0.1, -0.05) is 25.4 Å². The predicted octanol–water partition coefficient (Wildman–Crippen LogP) is 3.55. The van der Waals surface area contributed by atoms with Gasteiger partial charge in [-0.3, -0.25) is 4.79 Å². The molecule has 0 aliphatic heterocycles. The van der Waals surface area contributed by atoms with Crippen LogP contribution in [0, 0.1) is 5.92 Å². The van der Waals surface area contributed by atoms with Gasteiger partial charge in [0.1, 0.15) is 0 Å². The number of aliphatic hydroxyl groups is 1. The van der Waals surface area contributed by atoms with Gasteiger partial charge >= 0.3 is 0 Å². The van der Waals surface area contributed by atoms with Gasteiger partial charge in [0, 0.05) is 17.2 Å². The molecule has 1 heterocycles. The van der Waals surface area contributed by atoms with Crippen LogP contribution in [0.25, 0.3) is 0 Å². The fraction of sp³-hybridized carbons (Fsp3) is 0.643. The number of nitrogens with one attached hydrogen (secondary N) is 1. The predicted molar refractivity (Wildman–Crippen MR) is 88.6 cm³/mol. The van der Waals surface area contributed by atoms with E-state index in [-0.39, 0.29) is 5.91 Å². The molecule has 0 saturated carbocycles. The van der Waals surface area contributed by atoms with E-state index in [9.17, 15) is 9.90 Å². The van der Waals surface area contributed by atoms with Gasteiger partial charge in [-0.2, -0.15) is 0 Å². The van der Waals surface area contributed by atoms with Crippen LogP contribution in [-0.4, -0.2) is 28.9 Å². The summed E-state index contributed by atoms with van der Waals surface area (Å²) in [6.07, 6.45) is 0.675. The van der Waals surface area contributed by atoms with Crippen LogP contribution in [0.5, 0.6) is 0 Å². The van der Waals surface area contributed by atoms with Gasteiger partial charge < -0.3 is 10.4 Å². The maximum atomic E-state index is 11.7. The van der Waals surface area contributed by atoms with E-state index in [1.165, 1.54) is 16.2 Å². The number of carbonyl (C=O) groups excluding carboxylic acids is 1. The number of amides is 1. The summed E-state index contributed by atoms with van der Waals surface area (Å²) in [6.45, 7) is 6.17. The van der Waals surface area contributed by atoms with Crippen LogP contribution in [0.4, 0.5) is 0 Å². The quantitative estimate of drug-likeness (QED) is 0.763. The first-order chi connectivity index (χ1) is 9.28. The molecule has 20 heavy (non-hydrogen) atoms. The highest BCUT2D eigenvalue weighted by molar-refractivity contribution is 7.99. The van der Waals surface area contributed by atoms with Crippen LogP contribution >= 0.6 is 34.7 Å². The zero-order valence-electron chi connectivity index (χ0n) is 12.1. The first-order valence-corrected chi connectivity index (χ1v) is 8.94. The number of carbonyl (C=O) groups is 1. The van der Waals surface area contributed by atoms with Crippen LogP contribution in [0.3, 0.4) is 0 Å². The molecule has 2 N–H and O–H groups in total. The molecule has 0 radical (unpaired) electrons. The largest absolute Gasteiger partial charge is 0.388 e. The van der Waals surface area contributed by atoms with Gasteiger partial charge in [-0.15, -0.1) is 23.1 Å². The van der Waals surface area contributed by atoms with Gasteiger partial charge in [-0.25, -0.2) is 0 Å². The standard InChI is InChI=1S/C14H22ClNO2S2/c1-10(2)6-14(3,18)9-16-13(17)8-19-7-11-4-5-12(15)20-11/h4-5,10,18H,6-9H2,1-3H3,(H,16,17). The van der Waals surface area contributed by atoms with E-state index >= 15 is 0 Å². The van der Waals surface area contributed by atoms with Gasteiger partial charge in [-0.05, 0) is 31.4 Å². The van der Waals surface area contributed by atoms with Crippen molar-refractivity contribution >= 4 is 40.6 Å². The third-order valence-corrected chi connectivity index (χ3v) is 5.02. The fourth-order valence-electron chi connectivity index (χ4n) is 1.97. The van der Waals surface area contributed by atoms with Crippen molar-refractivity contribution in [3.63, 3.8) is 0 Å². The molecule has 6 heteroatoms. The highest BCUT2D eigenvalue weighted by Gasteiger charge is 2.22. The van der Waals surface area contributed by atoms with E-state index in [0.717, 1.165) is 10.1 Å². The molecule has 1 amide bonds. The Hall–Kier alpha value is -0.230. The van der Waals surface area contributed by atoms with E-state index in [1.807, 2.05) is 12.1 Å². The zero-order chi connectivity index (χ0) is 15.2. The number of thioether (sulfide) groups is 1. The average Bonchev–Trinajstić information content (AvgIpc) is 2.71. The third kappa shape index (κ3) is 7.53. The van der Waals surface area contributed by atoms with Crippen LogP contribution in [0.2, 0.25) is 4.34 Å². The lowest BCUT2D eigenvalue weighted by Gasteiger charge is -2.25. The molecule has 0 fully saturated rings. The molecule has 3 nitrogen and oxygen atoms in total. The van der Waals surface area contributed by atoms with E-state index in [2.05, 4.69) is 19.2 Å². The van der Waals surface area contributed by atoms with Crippen molar-refractivity contribution in [3.05, 3.63) is 21.3 Å². The molecule has 1 unspecified atom stereocenters.